The monoisotopic (exact) mass is 400 g/mol. The molecule has 1 unspecified atom stereocenters. The van der Waals surface area contributed by atoms with Crippen LogP contribution in [0.5, 0.6) is 0 Å². The quantitative estimate of drug-likeness (QED) is 0.462. The van der Waals surface area contributed by atoms with Gasteiger partial charge in [0, 0.05) is 36.1 Å². The second kappa shape index (κ2) is 7.48. The van der Waals surface area contributed by atoms with Crippen molar-refractivity contribution in [2.75, 3.05) is 29.4 Å². The van der Waals surface area contributed by atoms with Gasteiger partial charge in [-0.15, -0.1) is 11.3 Å². The minimum Gasteiger partial charge on any atom is -0.365 e. The fourth-order valence-corrected chi connectivity index (χ4v) is 5.11. The number of thiophene rings is 1. The van der Waals surface area contributed by atoms with Gasteiger partial charge in [0.15, 0.2) is 0 Å². The number of piperazine rings is 1. The lowest BCUT2D eigenvalue weighted by Crippen LogP contribution is -2.52. The van der Waals surface area contributed by atoms with E-state index in [-0.39, 0.29) is 0 Å². The number of fused-ring (bicyclic) bond motifs is 1. The molecule has 146 valence electrons. The molecule has 0 saturated carbocycles. The van der Waals surface area contributed by atoms with Crippen molar-refractivity contribution < 1.29 is 0 Å². The van der Waals surface area contributed by atoms with Crippen molar-refractivity contribution in [3.63, 3.8) is 0 Å². The molecular weight excluding hydrogens is 376 g/mol. The van der Waals surface area contributed by atoms with E-state index < -0.39 is 0 Å². The van der Waals surface area contributed by atoms with Crippen LogP contribution in [-0.4, -0.2) is 35.6 Å². The van der Waals surface area contributed by atoms with Crippen LogP contribution in [0.4, 0.5) is 11.5 Å². The SMILES string of the molecule is Cc1cccc(N2CCN(c3cncc(-c4cc5ccccc5s4)n3)CC2C)c1. The number of aryl methyl sites for hydroxylation is 1. The highest BCUT2D eigenvalue weighted by atomic mass is 32.1. The van der Waals surface area contributed by atoms with Crippen LogP contribution in [0.3, 0.4) is 0 Å². The molecule has 4 aromatic rings. The molecule has 1 atom stereocenters. The van der Waals surface area contributed by atoms with Crippen LogP contribution in [0.2, 0.25) is 0 Å². The molecule has 0 bridgehead atoms. The number of rotatable bonds is 3. The van der Waals surface area contributed by atoms with E-state index in [0.29, 0.717) is 6.04 Å². The highest BCUT2D eigenvalue weighted by Crippen LogP contribution is 2.33. The molecule has 1 fully saturated rings. The first-order chi connectivity index (χ1) is 14.2. The predicted molar refractivity (Wildman–Crippen MR) is 123 cm³/mol. The molecule has 1 aliphatic heterocycles. The Labute approximate surface area is 175 Å². The molecule has 2 aromatic heterocycles. The van der Waals surface area contributed by atoms with Gasteiger partial charge in [-0.2, -0.15) is 0 Å². The number of hydrogen-bond acceptors (Lipinski definition) is 5. The van der Waals surface area contributed by atoms with Crippen molar-refractivity contribution in [2.45, 2.75) is 19.9 Å². The zero-order valence-electron chi connectivity index (χ0n) is 16.7. The number of benzene rings is 2. The van der Waals surface area contributed by atoms with Crippen LogP contribution < -0.4 is 9.80 Å². The van der Waals surface area contributed by atoms with Crippen LogP contribution in [0, 0.1) is 6.92 Å². The minimum atomic E-state index is 0.417. The van der Waals surface area contributed by atoms with Gasteiger partial charge in [-0.1, -0.05) is 30.3 Å². The molecule has 0 spiro atoms. The van der Waals surface area contributed by atoms with Gasteiger partial charge >= 0.3 is 0 Å². The highest BCUT2D eigenvalue weighted by Gasteiger charge is 2.25. The standard InChI is InChI=1S/C24H24N4S/c1-17-6-5-8-20(12-17)28-11-10-27(16-18(28)2)24-15-25-14-21(26-24)23-13-19-7-3-4-9-22(19)29-23/h3-9,12-15,18H,10-11,16H2,1-2H3. The Kier molecular flexibility index (Phi) is 4.68. The van der Waals surface area contributed by atoms with E-state index in [4.69, 9.17) is 4.98 Å². The van der Waals surface area contributed by atoms with Crippen LogP contribution >= 0.6 is 11.3 Å². The summed E-state index contributed by atoms with van der Waals surface area (Å²) in [5.41, 5.74) is 3.57. The molecule has 3 heterocycles. The maximum atomic E-state index is 4.96. The third kappa shape index (κ3) is 3.58. The average Bonchev–Trinajstić information content (AvgIpc) is 3.18. The fourth-order valence-electron chi connectivity index (χ4n) is 4.09. The summed E-state index contributed by atoms with van der Waals surface area (Å²) in [4.78, 5) is 15.5. The van der Waals surface area contributed by atoms with Crippen molar-refractivity contribution in [2.24, 2.45) is 0 Å². The number of hydrogen-bond donors (Lipinski definition) is 0. The molecular formula is C24H24N4S. The van der Waals surface area contributed by atoms with Crippen molar-refractivity contribution >= 4 is 32.9 Å². The van der Waals surface area contributed by atoms with E-state index in [9.17, 15) is 0 Å². The number of aromatic nitrogens is 2. The van der Waals surface area contributed by atoms with E-state index in [0.717, 1.165) is 31.1 Å². The Balaban J connectivity index is 1.37. The summed E-state index contributed by atoms with van der Waals surface area (Å²) < 4.78 is 1.29. The smallest absolute Gasteiger partial charge is 0.147 e. The van der Waals surface area contributed by atoms with Gasteiger partial charge in [-0.05, 0) is 49.1 Å². The third-order valence-corrected chi connectivity index (χ3v) is 6.72. The zero-order valence-corrected chi connectivity index (χ0v) is 17.6. The largest absolute Gasteiger partial charge is 0.365 e. The molecule has 2 aromatic carbocycles. The molecule has 5 heteroatoms. The topological polar surface area (TPSA) is 32.3 Å². The van der Waals surface area contributed by atoms with Gasteiger partial charge in [-0.3, -0.25) is 4.98 Å². The summed E-state index contributed by atoms with van der Waals surface area (Å²) >= 11 is 1.78. The Morgan fingerprint density at radius 2 is 1.90 bits per heavy atom. The van der Waals surface area contributed by atoms with E-state index in [2.05, 4.69) is 83.2 Å². The van der Waals surface area contributed by atoms with Crippen LogP contribution in [-0.2, 0) is 0 Å². The second-order valence-electron chi connectivity index (χ2n) is 7.74. The molecule has 1 aliphatic rings. The van der Waals surface area contributed by atoms with E-state index in [1.54, 1.807) is 11.3 Å². The van der Waals surface area contributed by atoms with Crippen molar-refractivity contribution in [1.82, 2.24) is 9.97 Å². The number of anilines is 2. The van der Waals surface area contributed by atoms with Gasteiger partial charge in [0.25, 0.3) is 0 Å². The van der Waals surface area contributed by atoms with E-state index in [1.807, 2.05) is 12.4 Å². The zero-order chi connectivity index (χ0) is 19.8. The lowest BCUT2D eigenvalue weighted by molar-refractivity contribution is 0.547. The molecule has 0 amide bonds. The molecule has 5 rings (SSSR count). The molecule has 29 heavy (non-hydrogen) atoms. The molecule has 0 aliphatic carbocycles. The van der Waals surface area contributed by atoms with E-state index in [1.165, 1.54) is 26.2 Å². The molecule has 4 nitrogen and oxygen atoms in total. The summed E-state index contributed by atoms with van der Waals surface area (Å²) in [5, 5.41) is 1.26. The Morgan fingerprint density at radius 3 is 2.72 bits per heavy atom. The van der Waals surface area contributed by atoms with Crippen molar-refractivity contribution in [3.05, 3.63) is 72.6 Å². The summed E-state index contributed by atoms with van der Waals surface area (Å²) in [6.07, 6.45) is 3.77. The second-order valence-corrected chi connectivity index (χ2v) is 8.82. The molecule has 1 saturated heterocycles. The Morgan fingerprint density at radius 1 is 1.00 bits per heavy atom. The van der Waals surface area contributed by atoms with Gasteiger partial charge in [-0.25, -0.2) is 4.98 Å². The summed E-state index contributed by atoms with van der Waals surface area (Å²) in [6, 6.07) is 19.9. The Hall–Kier alpha value is -2.92. The summed E-state index contributed by atoms with van der Waals surface area (Å²) in [5.74, 6) is 0.968. The van der Waals surface area contributed by atoms with Crippen molar-refractivity contribution in [1.29, 1.82) is 0 Å². The first-order valence-electron chi connectivity index (χ1n) is 10.1. The maximum absolute atomic E-state index is 4.96. The van der Waals surface area contributed by atoms with Crippen molar-refractivity contribution in [3.8, 4) is 10.6 Å². The lowest BCUT2D eigenvalue weighted by atomic mass is 10.1. The molecule has 0 radical (unpaired) electrons. The third-order valence-electron chi connectivity index (χ3n) is 5.58. The van der Waals surface area contributed by atoms with E-state index >= 15 is 0 Å². The molecule has 0 N–H and O–H groups in total. The summed E-state index contributed by atoms with van der Waals surface area (Å²) in [6.45, 7) is 7.32. The van der Waals surface area contributed by atoms with Crippen LogP contribution in [0.15, 0.2) is 67.0 Å². The lowest BCUT2D eigenvalue weighted by Gasteiger charge is -2.41. The first-order valence-corrected chi connectivity index (χ1v) is 10.9. The van der Waals surface area contributed by atoms with Gasteiger partial charge in [0.1, 0.15) is 11.5 Å². The van der Waals surface area contributed by atoms with Crippen LogP contribution in [0.25, 0.3) is 20.7 Å². The van der Waals surface area contributed by atoms with Gasteiger partial charge in [0.05, 0.1) is 17.3 Å². The van der Waals surface area contributed by atoms with Gasteiger partial charge in [0.2, 0.25) is 0 Å². The number of nitrogens with zero attached hydrogens (tertiary/aromatic N) is 4. The normalized spacial score (nSPS) is 17.1. The minimum absolute atomic E-state index is 0.417. The average molecular weight is 401 g/mol. The van der Waals surface area contributed by atoms with Gasteiger partial charge < -0.3 is 9.80 Å². The fraction of sp³-hybridized carbons (Fsp3) is 0.250. The maximum Gasteiger partial charge on any atom is 0.147 e. The van der Waals surface area contributed by atoms with Crippen LogP contribution in [0.1, 0.15) is 12.5 Å². The first kappa shape index (κ1) is 18.1. The summed E-state index contributed by atoms with van der Waals surface area (Å²) in [7, 11) is 0. The Bertz CT molecular complexity index is 1120. The highest BCUT2D eigenvalue weighted by molar-refractivity contribution is 7.22. The predicted octanol–water partition coefficient (Wildman–Crippen LogP) is 5.38.